The summed E-state index contributed by atoms with van der Waals surface area (Å²) in [6.45, 7) is 7.12. The molecule has 100 valence electrons. The molecular formula is C13H19FN2O2. The van der Waals surface area contributed by atoms with E-state index in [1.165, 1.54) is 18.2 Å². The molecular weight excluding hydrogens is 235 g/mol. The number of amides is 1. The Morgan fingerprint density at radius 3 is 2.56 bits per heavy atom. The fourth-order valence-electron chi connectivity index (χ4n) is 1.35. The maximum Gasteiger partial charge on any atom is 0.261 e. The smallest absolute Gasteiger partial charge is 0.261 e. The molecule has 0 radical (unpaired) electrons. The number of nitrogens with one attached hydrogen (secondary N) is 1. The van der Waals surface area contributed by atoms with E-state index in [0.29, 0.717) is 0 Å². The number of anilines is 1. The molecule has 1 amide bonds. The fraction of sp³-hybridized carbons (Fsp3) is 0.462. The van der Waals surface area contributed by atoms with Crippen LogP contribution in [-0.2, 0) is 4.79 Å². The maximum absolute atomic E-state index is 13.5. The number of benzene rings is 1. The topological polar surface area (TPSA) is 64.3 Å². The normalized spacial score (nSPS) is 12.9. The Bertz CT molecular complexity index is 421. The predicted octanol–water partition coefficient (Wildman–Crippen LogP) is 2.09. The number of halogens is 1. The van der Waals surface area contributed by atoms with Gasteiger partial charge in [0.05, 0.1) is 5.69 Å². The number of nitrogen functional groups attached to an aromatic ring is 1. The fourth-order valence-corrected chi connectivity index (χ4v) is 1.35. The molecule has 0 aliphatic heterocycles. The molecule has 1 aromatic carbocycles. The largest absolute Gasteiger partial charge is 0.476 e. The maximum atomic E-state index is 13.5. The van der Waals surface area contributed by atoms with Crippen molar-refractivity contribution in [3.63, 3.8) is 0 Å². The molecule has 5 heteroatoms. The zero-order chi connectivity index (χ0) is 13.9. The lowest BCUT2D eigenvalue weighted by Gasteiger charge is -2.24. The van der Waals surface area contributed by atoms with Crippen LogP contribution in [0.3, 0.4) is 0 Å². The van der Waals surface area contributed by atoms with E-state index < -0.39 is 11.9 Å². The van der Waals surface area contributed by atoms with Gasteiger partial charge in [-0.15, -0.1) is 0 Å². The van der Waals surface area contributed by atoms with E-state index in [4.69, 9.17) is 10.5 Å². The SMILES string of the molecule is CC(Oc1c(N)cccc1F)C(=O)NC(C)(C)C. The lowest BCUT2D eigenvalue weighted by molar-refractivity contribution is -0.128. The second-order valence-corrected chi connectivity index (χ2v) is 5.16. The van der Waals surface area contributed by atoms with Crippen LogP contribution in [0.15, 0.2) is 18.2 Å². The third-order valence-corrected chi connectivity index (χ3v) is 2.16. The Morgan fingerprint density at radius 2 is 2.06 bits per heavy atom. The van der Waals surface area contributed by atoms with Crippen LogP contribution in [0.5, 0.6) is 5.75 Å². The highest BCUT2D eigenvalue weighted by atomic mass is 19.1. The van der Waals surface area contributed by atoms with Crippen molar-refractivity contribution in [3.8, 4) is 5.75 Å². The minimum atomic E-state index is -0.816. The molecule has 0 saturated heterocycles. The van der Waals surface area contributed by atoms with Crippen molar-refractivity contribution in [2.75, 3.05) is 5.73 Å². The van der Waals surface area contributed by atoms with Gasteiger partial charge >= 0.3 is 0 Å². The second-order valence-electron chi connectivity index (χ2n) is 5.16. The van der Waals surface area contributed by atoms with Crippen LogP contribution in [0, 0.1) is 5.82 Å². The van der Waals surface area contributed by atoms with E-state index in [2.05, 4.69) is 5.32 Å². The number of hydrogen-bond donors (Lipinski definition) is 2. The molecule has 1 atom stereocenters. The molecule has 1 aromatic rings. The van der Waals surface area contributed by atoms with Crippen molar-refractivity contribution in [2.24, 2.45) is 0 Å². The summed E-state index contributed by atoms with van der Waals surface area (Å²) >= 11 is 0. The number of nitrogens with two attached hydrogens (primary N) is 1. The standard InChI is InChI=1S/C13H19FN2O2/c1-8(12(17)16-13(2,3)4)18-11-9(14)6-5-7-10(11)15/h5-8H,15H2,1-4H3,(H,16,17). The molecule has 0 bridgehead atoms. The average molecular weight is 254 g/mol. The van der Waals surface area contributed by atoms with Crippen molar-refractivity contribution in [3.05, 3.63) is 24.0 Å². The molecule has 0 aromatic heterocycles. The molecule has 0 fully saturated rings. The highest BCUT2D eigenvalue weighted by Gasteiger charge is 2.22. The van der Waals surface area contributed by atoms with Crippen LogP contribution in [0.2, 0.25) is 0 Å². The summed E-state index contributed by atoms with van der Waals surface area (Å²) in [6.07, 6.45) is -0.816. The van der Waals surface area contributed by atoms with Gasteiger partial charge in [-0.2, -0.15) is 0 Å². The number of carbonyl (C=O) groups excluding carboxylic acids is 1. The zero-order valence-electron chi connectivity index (χ0n) is 11.1. The first-order valence-electron chi connectivity index (χ1n) is 5.73. The van der Waals surface area contributed by atoms with Gasteiger partial charge in [0, 0.05) is 5.54 Å². The van der Waals surface area contributed by atoms with E-state index in [9.17, 15) is 9.18 Å². The van der Waals surface area contributed by atoms with Crippen LogP contribution in [0.4, 0.5) is 10.1 Å². The molecule has 0 aliphatic rings. The van der Waals surface area contributed by atoms with Crippen LogP contribution in [0.25, 0.3) is 0 Å². The minimum Gasteiger partial charge on any atom is -0.476 e. The molecule has 1 rings (SSSR count). The Balaban J connectivity index is 2.76. The Hall–Kier alpha value is -1.78. The van der Waals surface area contributed by atoms with Crippen LogP contribution >= 0.6 is 0 Å². The monoisotopic (exact) mass is 254 g/mol. The molecule has 0 heterocycles. The second kappa shape index (κ2) is 5.25. The summed E-state index contributed by atoms with van der Waals surface area (Å²) < 4.78 is 18.7. The van der Waals surface area contributed by atoms with Gasteiger partial charge in [0.25, 0.3) is 5.91 Å². The quantitative estimate of drug-likeness (QED) is 0.812. The van der Waals surface area contributed by atoms with Crippen molar-refractivity contribution >= 4 is 11.6 Å². The minimum absolute atomic E-state index is 0.0888. The van der Waals surface area contributed by atoms with E-state index in [0.717, 1.165) is 0 Å². The lowest BCUT2D eigenvalue weighted by Crippen LogP contribution is -2.46. The van der Waals surface area contributed by atoms with Gasteiger partial charge in [-0.1, -0.05) is 6.07 Å². The Morgan fingerprint density at radius 1 is 1.44 bits per heavy atom. The number of para-hydroxylation sites is 1. The van der Waals surface area contributed by atoms with E-state index in [1.807, 2.05) is 20.8 Å². The molecule has 0 spiro atoms. The number of ether oxygens (including phenoxy) is 1. The molecule has 0 aliphatic carbocycles. The highest BCUT2D eigenvalue weighted by molar-refractivity contribution is 5.81. The Labute approximate surface area is 106 Å². The first-order chi connectivity index (χ1) is 8.20. The summed E-state index contributed by atoms with van der Waals surface area (Å²) in [5.74, 6) is -0.982. The van der Waals surface area contributed by atoms with Crippen molar-refractivity contribution in [2.45, 2.75) is 39.3 Å². The summed E-state index contributed by atoms with van der Waals surface area (Å²) in [6, 6.07) is 4.24. The molecule has 18 heavy (non-hydrogen) atoms. The van der Waals surface area contributed by atoms with Crippen molar-refractivity contribution in [1.82, 2.24) is 5.32 Å². The van der Waals surface area contributed by atoms with Gasteiger partial charge in [-0.3, -0.25) is 4.79 Å². The molecule has 3 N–H and O–H groups in total. The predicted molar refractivity (Wildman–Crippen MR) is 68.8 cm³/mol. The first-order valence-corrected chi connectivity index (χ1v) is 5.73. The average Bonchev–Trinajstić information content (AvgIpc) is 2.21. The van der Waals surface area contributed by atoms with Gasteiger partial charge in [-0.25, -0.2) is 4.39 Å². The highest BCUT2D eigenvalue weighted by Crippen LogP contribution is 2.25. The molecule has 0 saturated carbocycles. The number of carbonyl (C=O) groups is 1. The third kappa shape index (κ3) is 3.91. The van der Waals surface area contributed by atoms with Crippen LogP contribution < -0.4 is 15.8 Å². The van der Waals surface area contributed by atoms with E-state index in [-0.39, 0.29) is 22.9 Å². The van der Waals surface area contributed by atoms with Crippen molar-refractivity contribution < 1.29 is 13.9 Å². The summed E-state index contributed by atoms with van der Waals surface area (Å²) in [5.41, 5.74) is 5.41. The summed E-state index contributed by atoms with van der Waals surface area (Å²) in [5, 5.41) is 2.75. The molecule has 4 nitrogen and oxygen atoms in total. The summed E-state index contributed by atoms with van der Waals surface area (Å²) in [4.78, 5) is 11.8. The van der Waals surface area contributed by atoms with Gasteiger partial charge < -0.3 is 15.8 Å². The van der Waals surface area contributed by atoms with Gasteiger partial charge in [0.15, 0.2) is 17.7 Å². The lowest BCUT2D eigenvalue weighted by atomic mass is 10.1. The Kier molecular flexibility index (Phi) is 4.16. The van der Waals surface area contributed by atoms with Crippen LogP contribution in [-0.4, -0.2) is 17.6 Å². The van der Waals surface area contributed by atoms with E-state index >= 15 is 0 Å². The van der Waals surface area contributed by atoms with Gasteiger partial charge in [0.2, 0.25) is 0 Å². The first kappa shape index (κ1) is 14.3. The summed E-state index contributed by atoms with van der Waals surface area (Å²) in [7, 11) is 0. The van der Waals surface area contributed by atoms with E-state index in [1.54, 1.807) is 6.92 Å². The zero-order valence-corrected chi connectivity index (χ0v) is 11.1. The number of hydrogen-bond acceptors (Lipinski definition) is 3. The van der Waals surface area contributed by atoms with Gasteiger partial charge in [-0.05, 0) is 39.8 Å². The van der Waals surface area contributed by atoms with Crippen LogP contribution in [0.1, 0.15) is 27.7 Å². The van der Waals surface area contributed by atoms with Gasteiger partial charge in [0.1, 0.15) is 0 Å². The van der Waals surface area contributed by atoms with Crippen molar-refractivity contribution in [1.29, 1.82) is 0 Å². The molecule has 1 unspecified atom stereocenters. The number of rotatable bonds is 3. The third-order valence-electron chi connectivity index (χ3n) is 2.16.